The second-order valence-electron chi connectivity index (χ2n) is 3.99. The molecule has 1 aromatic heterocycles. The van der Waals surface area contributed by atoms with Gasteiger partial charge >= 0.3 is 0 Å². The lowest BCUT2D eigenvalue weighted by Gasteiger charge is -2.07. The largest absolute Gasteiger partial charge is 0.343 e. The summed E-state index contributed by atoms with van der Waals surface area (Å²) in [7, 11) is 0. The fraction of sp³-hybridized carbons (Fsp3) is 0.143. The number of para-hydroxylation sites is 1. The predicted octanol–water partition coefficient (Wildman–Crippen LogP) is 0.604. The standard InChI is InChI=1S/C14H12N4O2/c15-6-8-17-13(19)9-18-14(20)11-5-7-16-12-4-2-1-3-10(11)12/h1-5,7H,8-9H2,(H,17,19)(H,18,20). The molecular formula is C14H12N4O2. The Hall–Kier alpha value is -2.94. The number of pyridine rings is 1. The molecule has 0 aliphatic carbocycles. The monoisotopic (exact) mass is 268 g/mol. The maximum Gasteiger partial charge on any atom is 0.252 e. The van der Waals surface area contributed by atoms with Crippen molar-refractivity contribution in [3.8, 4) is 6.07 Å². The Morgan fingerprint density at radius 1 is 1.20 bits per heavy atom. The maximum atomic E-state index is 12.1. The van der Waals surface area contributed by atoms with Crippen molar-refractivity contribution in [2.75, 3.05) is 13.1 Å². The van der Waals surface area contributed by atoms with E-state index in [-0.39, 0.29) is 19.0 Å². The number of amides is 2. The Kier molecular flexibility index (Phi) is 4.24. The Morgan fingerprint density at radius 3 is 2.80 bits per heavy atom. The zero-order chi connectivity index (χ0) is 14.4. The van der Waals surface area contributed by atoms with Crippen LogP contribution in [0.5, 0.6) is 0 Å². The smallest absolute Gasteiger partial charge is 0.252 e. The molecule has 0 radical (unpaired) electrons. The van der Waals surface area contributed by atoms with Gasteiger partial charge in [-0.15, -0.1) is 0 Å². The molecule has 6 heteroatoms. The zero-order valence-corrected chi connectivity index (χ0v) is 10.6. The Labute approximate surface area is 115 Å². The Morgan fingerprint density at radius 2 is 2.00 bits per heavy atom. The van der Waals surface area contributed by atoms with Gasteiger partial charge in [0.15, 0.2) is 0 Å². The zero-order valence-electron chi connectivity index (χ0n) is 10.6. The molecule has 0 saturated heterocycles. The predicted molar refractivity (Wildman–Crippen MR) is 72.7 cm³/mol. The molecule has 0 aliphatic heterocycles. The summed E-state index contributed by atoms with van der Waals surface area (Å²) in [4.78, 5) is 27.5. The highest BCUT2D eigenvalue weighted by Crippen LogP contribution is 2.15. The lowest BCUT2D eigenvalue weighted by Crippen LogP contribution is -2.37. The molecule has 2 amide bonds. The minimum atomic E-state index is -0.404. The third-order valence-corrected chi connectivity index (χ3v) is 2.67. The number of hydrogen-bond acceptors (Lipinski definition) is 4. The van der Waals surface area contributed by atoms with Gasteiger partial charge in [0.1, 0.15) is 6.54 Å². The summed E-state index contributed by atoms with van der Waals surface area (Å²) in [6, 6.07) is 10.7. The fourth-order valence-corrected chi connectivity index (χ4v) is 1.75. The molecule has 1 aromatic carbocycles. The highest BCUT2D eigenvalue weighted by Gasteiger charge is 2.11. The van der Waals surface area contributed by atoms with Crippen LogP contribution in [0.15, 0.2) is 36.5 Å². The van der Waals surface area contributed by atoms with Gasteiger partial charge in [-0.25, -0.2) is 0 Å². The molecule has 0 fully saturated rings. The van der Waals surface area contributed by atoms with Gasteiger partial charge in [-0.05, 0) is 12.1 Å². The molecule has 2 N–H and O–H groups in total. The molecule has 0 atom stereocenters. The third kappa shape index (κ3) is 3.09. The number of rotatable bonds is 4. The molecule has 0 spiro atoms. The first-order chi connectivity index (χ1) is 9.72. The molecule has 0 unspecified atom stereocenters. The van der Waals surface area contributed by atoms with Crippen molar-refractivity contribution >= 4 is 22.7 Å². The number of hydrogen-bond donors (Lipinski definition) is 2. The van der Waals surface area contributed by atoms with Gasteiger partial charge in [0.25, 0.3) is 5.91 Å². The van der Waals surface area contributed by atoms with Gasteiger partial charge in [0.05, 0.1) is 23.7 Å². The van der Waals surface area contributed by atoms with Crippen LogP contribution in [0, 0.1) is 11.3 Å². The highest BCUT2D eigenvalue weighted by atomic mass is 16.2. The van der Waals surface area contributed by atoms with Crippen molar-refractivity contribution in [2.24, 2.45) is 0 Å². The number of nitrogens with zero attached hydrogens (tertiary/aromatic N) is 2. The van der Waals surface area contributed by atoms with Crippen molar-refractivity contribution in [3.63, 3.8) is 0 Å². The van der Waals surface area contributed by atoms with Crippen LogP contribution >= 0.6 is 0 Å². The van der Waals surface area contributed by atoms with E-state index < -0.39 is 5.91 Å². The van der Waals surface area contributed by atoms with E-state index in [0.29, 0.717) is 11.1 Å². The van der Waals surface area contributed by atoms with Gasteiger partial charge in [-0.3, -0.25) is 14.6 Å². The van der Waals surface area contributed by atoms with E-state index in [1.54, 1.807) is 24.4 Å². The maximum absolute atomic E-state index is 12.1. The Bertz CT molecular complexity index is 686. The van der Waals surface area contributed by atoms with Gasteiger partial charge in [0, 0.05) is 11.6 Å². The van der Waals surface area contributed by atoms with Crippen molar-refractivity contribution in [1.29, 1.82) is 5.26 Å². The van der Waals surface area contributed by atoms with Gasteiger partial charge in [-0.2, -0.15) is 5.26 Å². The molecular weight excluding hydrogens is 256 g/mol. The fourth-order valence-electron chi connectivity index (χ4n) is 1.75. The summed E-state index contributed by atoms with van der Waals surface area (Å²) in [5.41, 5.74) is 1.18. The number of carbonyl (C=O) groups is 2. The summed E-state index contributed by atoms with van der Waals surface area (Å²) in [6.45, 7) is -0.246. The van der Waals surface area contributed by atoms with Crippen molar-refractivity contribution < 1.29 is 9.59 Å². The number of benzene rings is 1. The van der Waals surface area contributed by atoms with Gasteiger partial charge < -0.3 is 10.6 Å². The molecule has 6 nitrogen and oxygen atoms in total. The molecule has 1 heterocycles. The third-order valence-electron chi connectivity index (χ3n) is 2.67. The van der Waals surface area contributed by atoms with Crippen LogP contribution < -0.4 is 10.6 Å². The summed E-state index contributed by atoms with van der Waals surface area (Å²) >= 11 is 0. The van der Waals surface area contributed by atoms with Crippen LogP contribution in [0.1, 0.15) is 10.4 Å². The minimum Gasteiger partial charge on any atom is -0.343 e. The minimum absolute atomic E-state index is 0.0765. The van der Waals surface area contributed by atoms with Crippen molar-refractivity contribution in [1.82, 2.24) is 15.6 Å². The van der Waals surface area contributed by atoms with E-state index in [4.69, 9.17) is 5.26 Å². The average Bonchev–Trinajstić information content (AvgIpc) is 2.50. The van der Waals surface area contributed by atoms with Crippen LogP contribution in [0.2, 0.25) is 0 Å². The first-order valence-corrected chi connectivity index (χ1v) is 5.98. The first kappa shape index (κ1) is 13.5. The van der Waals surface area contributed by atoms with Crippen molar-refractivity contribution in [3.05, 3.63) is 42.1 Å². The normalized spacial score (nSPS) is 9.75. The number of aromatic nitrogens is 1. The topological polar surface area (TPSA) is 94.9 Å². The summed E-state index contributed by atoms with van der Waals surface area (Å²) in [5, 5.41) is 13.9. The lowest BCUT2D eigenvalue weighted by molar-refractivity contribution is -0.119. The molecule has 0 saturated carbocycles. The van der Waals surface area contributed by atoms with E-state index in [1.165, 1.54) is 0 Å². The quantitative estimate of drug-likeness (QED) is 0.794. The second-order valence-corrected chi connectivity index (χ2v) is 3.99. The number of nitrogens with one attached hydrogen (secondary N) is 2. The van der Waals surface area contributed by atoms with Crippen LogP contribution in [0.25, 0.3) is 10.9 Å². The van der Waals surface area contributed by atoms with E-state index in [2.05, 4.69) is 15.6 Å². The second kappa shape index (κ2) is 6.29. The van der Waals surface area contributed by atoms with Crippen LogP contribution in [0.4, 0.5) is 0 Å². The Balaban J connectivity index is 2.09. The summed E-state index contributed by atoms with van der Waals surface area (Å²) in [6.07, 6.45) is 1.55. The first-order valence-electron chi connectivity index (χ1n) is 5.98. The van der Waals surface area contributed by atoms with Gasteiger partial charge in [0.2, 0.25) is 5.91 Å². The van der Waals surface area contributed by atoms with E-state index in [9.17, 15) is 9.59 Å². The van der Waals surface area contributed by atoms with Crippen LogP contribution in [0.3, 0.4) is 0 Å². The molecule has 2 aromatic rings. The van der Waals surface area contributed by atoms with E-state index in [1.807, 2.05) is 18.2 Å². The van der Waals surface area contributed by atoms with Crippen LogP contribution in [-0.2, 0) is 4.79 Å². The van der Waals surface area contributed by atoms with Crippen LogP contribution in [-0.4, -0.2) is 29.9 Å². The lowest BCUT2D eigenvalue weighted by atomic mass is 10.1. The summed E-state index contributed by atoms with van der Waals surface area (Å²) < 4.78 is 0. The highest BCUT2D eigenvalue weighted by molar-refractivity contribution is 6.06. The number of nitriles is 1. The molecule has 100 valence electrons. The molecule has 0 bridgehead atoms. The molecule has 0 aliphatic rings. The van der Waals surface area contributed by atoms with Crippen molar-refractivity contribution in [2.45, 2.75) is 0 Å². The SMILES string of the molecule is N#CCNC(=O)CNC(=O)c1ccnc2ccccc12. The number of carbonyl (C=O) groups excluding carboxylic acids is 2. The number of fused-ring (bicyclic) bond motifs is 1. The average molecular weight is 268 g/mol. The van der Waals surface area contributed by atoms with Gasteiger partial charge in [-0.1, -0.05) is 18.2 Å². The molecule has 2 rings (SSSR count). The summed E-state index contributed by atoms with van der Waals surface area (Å²) in [5.74, 6) is -0.756. The van der Waals surface area contributed by atoms with E-state index in [0.717, 1.165) is 5.39 Å². The molecule has 20 heavy (non-hydrogen) atoms. The van der Waals surface area contributed by atoms with E-state index >= 15 is 0 Å².